The fourth-order valence-corrected chi connectivity index (χ4v) is 3.00. The fourth-order valence-electron chi connectivity index (χ4n) is 3.00. The van der Waals surface area contributed by atoms with E-state index in [0.717, 1.165) is 83.3 Å². The van der Waals surface area contributed by atoms with Crippen molar-refractivity contribution in [3.63, 3.8) is 0 Å². The summed E-state index contributed by atoms with van der Waals surface area (Å²) in [7, 11) is 0. The molecule has 0 amide bonds. The molecule has 1 saturated heterocycles. The number of aromatic nitrogens is 3. The molecule has 1 fully saturated rings. The molecule has 0 saturated carbocycles. The molecule has 1 aromatic heterocycles. The van der Waals surface area contributed by atoms with Gasteiger partial charge in [-0.3, -0.25) is 4.99 Å². The Kier molecular flexibility index (Phi) is 8.68. The first-order valence-electron chi connectivity index (χ1n) is 9.52. The molecule has 25 heavy (non-hydrogen) atoms. The number of aliphatic imine (C=N–C) groups is 1. The van der Waals surface area contributed by atoms with Gasteiger partial charge in [-0.15, -0.1) is 10.2 Å². The number of nitrogens with one attached hydrogen (secondary N) is 2. The highest BCUT2D eigenvalue weighted by Gasteiger charge is 2.15. The lowest BCUT2D eigenvalue weighted by Crippen LogP contribution is -2.39. The van der Waals surface area contributed by atoms with Crippen LogP contribution in [0.4, 0.5) is 0 Å². The fraction of sp³-hybridized carbons (Fsp3) is 0.824. The summed E-state index contributed by atoms with van der Waals surface area (Å²) in [5.41, 5.74) is 0. The quantitative estimate of drug-likeness (QED) is 0.335. The molecule has 1 aliphatic rings. The number of piperidine rings is 1. The first-order valence-corrected chi connectivity index (χ1v) is 9.52. The minimum atomic E-state index is -0.0993. The molecule has 2 heterocycles. The lowest BCUT2D eigenvalue weighted by Gasteiger charge is -2.29. The minimum absolute atomic E-state index is 0.0993. The number of aliphatic hydroxyl groups is 1. The lowest BCUT2D eigenvalue weighted by atomic mass is 10.1. The second-order valence-corrected chi connectivity index (χ2v) is 6.41. The van der Waals surface area contributed by atoms with Crippen molar-refractivity contribution < 1.29 is 5.11 Å². The molecule has 0 aliphatic carbocycles. The molecular formula is C17H33N7O. The minimum Gasteiger partial charge on any atom is -0.393 e. The van der Waals surface area contributed by atoms with E-state index in [2.05, 4.69) is 49.1 Å². The first kappa shape index (κ1) is 19.7. The van der Waals surface area contributed by atoms with Gasteiger partial charge >= 0.3 is 0 Å². The first-order chi connectivity index (χ1) is 12.2. The van der Waals surface area contributed by atoms with Gasteiger partial charge in [0.2, 0.25) is 0 Å². The monoisotopic (exact) mass is 351 g/mol. The predicted octanol–water partition coefficient (Wildman–Crippen LogP) is 0.242. The van der Waals surface area contributed by atoms with Crippen LogP contribution < -0.4 is 10.6 Å². The van der Waals surface area contributed by atoms with Gasteiger partial charge in [-0.2, -0.15) is 0 Å². The van der Waals surface area contributed by atoms with Gasteiger partial charge in [0.05, 0.1) is 6.10 Å². The maximum absolute atomic E-state index is 9.54. The SMILES string of the molecule is CCNC(=NCCCN1CCC(O)CC1)NCCn1cnnc1CC. The molecule has 0 radical (unpaired) electrons. The smallest absolute Gasteiger partial charge is 0.191 e. The number of guanidine groups is 1. The molecule has 8 nitrogen and oxygen atoms in total. The van der Waals surface area contributed by atoms with Crippen LogP contribution in [0.2, 0.25) is 0 Å². The highest BCUT2D eigenvalue weighted by Crippen LogP contribution is 2.09. The molecule has 0 aromatic carbocycles. The van der Waals surface area contributed by atoms with E-state index < -0.39 is 0 Å². The van der Waals surface area contributed by atoms with Crippen LogP contribution in [0.1, 0.15) is 38.9 Å². The van der Waals surface area contributed by atoms with E-state index >= 15 is 0 Å². The highest BCUT2D eigenvalue weighted by atomic mass is 16.3. The van der Waals surface area contributed by atoms with Gasteiger partial charge in [0.25, 0.3) is 0 Å². The molecule has 1 aromatic rings. The van der Waals surface area contributed by atoms with Crippen LogP contribution in [0.15, 0.2) is 11.3 Å². The van der Waals surface area contributed by atoms with Gasteiger partial charge in [-0.05, 0) is 32.7 Å². The summed E-state index contributed by atoms with van der Waals surface area (Å²) < 4.78 is 2.07. The van der Waals surface area contributed by atoms with E-state index in [-0.39, 0.29) is 6.10 Å². The Morgan fingerprint density at radius 2 is 2.08 bits per heavy atom. The molecule has 8 heteroatoms. The summed E-state index contributed by atoms with van der Waals surface area (Å²) in [6.45, 7) is 10.5. The number of hydrogen-bond donors (Lipinski definition) is 3. The third-order valence-electron chi connectivity index (χ3n) is 4.46. The maximum Gasteiger partial charge on any atom is 0.191 e. The van der Waals surface area contributed by atoms with Crippen molar-refractivity contribution in [3.05, 3.63) is 12.2 Å². The number of aliphatic hydroxyl groups excluding tert-OH is 1. The zero-order valence-corrected chi connectivity index (χ0v) is 15.6. The molecule has 0 bridgehead atoms. The highest BCUT2D eigenvalue weighted by molar-refractivity contribution is 5.79. The van der Waals surface area contributed by atoms with E-state index in [1.807, 2.05) is 0 Å². The average molecular weight is 351 g/mol. The van der Waals surface area contributed by atoms with Crippen molar-refractivity contribution in [2.45, 2.75) is 52.2 Å². The van der Waals surface area contributed by atoms with Gasteiger partial charge in [0.1, 0.15) is 12.2 Å². The van der Waals surface area contributed by atoms with Gasteiger partial charge in [0, 0.05) is 45.7 Å². The van der Waals surface area contributed by atoms with Crippen LogP contribution in [-0.2, 0) is 13.0 Å². The molecule has 3 N–H and O–H groups in total. The molecule has 1 aliphatic heterocycles. The Bertz CT molecular complexity index is 509. The van der Waals surface area contributed by atoms with Gasteiger partial charge in [-0.1, -0.05) is 6.92 Å². The van der Waals surface area contributed by atoms with Crippen molar-refractivity contribution in [2.24, 2.45) is 4.99 Å². The van der Waals surface area contributed by atoms with Crippen molar-refractivity contribution in [2.75, 3.05) is 39.3 Å². The maximum atomic E-state index is 9.54. The Morgan fingerprint density at radius 3 is 2.80 bits per heavy atom. The van der Waals surface area contributed by atoms with E-state index in [4.69, 9.17) is 0 Å². The van der Waals surface area contributed by atoms with Crippen molar-refractivity contribution >= 4 is 5.96 Å². The molecular weight excluding hydrogens is 318 g/mol. The molecule has 0 spiro atoms. The van der Waals surface area contributed by atoms with E-state index in [9.17, 15) is 5.11 Å². The van der Waals surface area contributed by atoms with Crippen molar-refractivity contribution in [1.29, 1.82) is 0 Å². The number of rotatable bonds is 9. The third-order valence-corrected chi connectivity index (χ3v) is 4.46. The standard InChI is InChI=1S/C17H33N7O/c1-3-16-22-21-14-24(16)13-9-20-17(18-4-2)19-8-5-10-23-11-6-15(25)7-12-23/h14-15,25H,3-13H2,1-2H3,(H2,18,19,20). The second-order valence-electron chi connectivity index (χ2n) is 6.41. The summed E-state index contributed by atoms with van der Waals surface area (Å²) in [5.74, 6) is 1.87. The third kappa shape index (κ3) is 6.99. The van der Waals surface area contributed by atoms with Crippen LogP contribution in [0.5, 0.6) is 0 Å². The Balaban J connectivity index is 1.67. The van der Waals surface area contributed by atoms with Crippen molar-refractivity contribution in [1.82, 2.24) is 30.3 Å². The topological polar surface area (TPSA) is 90.6 Å². The Morgan fingerprint density at radius 1 is 1.28 bits per heavy atom. The molecule has 142 valence electrons. The molecule has 0 atom stereocenters. The number of aryl methyl sites for hydroxylation is 1. The predicted molar refractivity (Wildman–Crippen MR) is 99.7 cm³/mol. The number of hydrogen-bond acceptors (Lipinski definition) is 5. The summed E-state index contributed by atoms with van der Waals surface area (Å²) in [4.78, 5) is 7.07. The van der Waals surface area contributed by atoms with Crippen LogP contribution in [0.3, 0.4) is 0 Å². The van der Waals surface area contributed by atoms with Gasteiger partial charge in [0.15, 0.2) is 5.96 Å². The van der Waals surface area contributed by atoms with Crippen LogP contribution in [-0.4, -0.2) is 76.1 Å². The largest absolute Gasteiger partial charge is 0.393 e. The average Bonchev–Trinajstić information content (AvgIpc) is 3.07. The van der Waals surface area contributed by atoms with E-state index in [1.54, 1.807) is 6.33 Å². The molecule has 2 rings (SSSR count). The number of likely N-dealkylation sites (tertiary alicyclic amines) is 1. The zero-order valence-electron chi connectivity index (χ0n) is 15.6. The summed E-state index contributed by atoms with van der Waals surface area (Å²) in [6.07, 6.45) is 5.41. The molecule has 0 unspecified atom stereocenters. The second kappa shape index (κ2) is 11.0. The van der Waals surface area contributed by atoms with Crippen LogP contribution in [0.25, 0.3) is 0 Å². The van der Waals surface area contributed by atoms with Crippen LogP contribution in [0, 0.1) is 0 Å². The Labute approximate surface area is 150 Å². The van der Waals surface area contributed by atoms with E-state index in [0.29, 0.717) is 0 Å². The van der Waals surface area contributed by atoms with Gasteiger partial charge < -0.3 is 25.2 Å². The van der Waals surface area contributed by atoms with E-state index in [1.165, 1.54) is 0 Å². The van der Waals surface area contributed by atoms with Crippen molar-refractivity contribution in [3.8, 4) is 0 Å². The van der Waals surface area contributed by atoms with Gasteiger partial charge in [-0.25, -0.2) is 0 Å². The summed E-state index contributed by atoms with van der Waals surface area (Å²) in [6, 6.07) is 0. The summed E-state index contributed by atoms with van der Waals surface area (Å²) in [5, 5.41) is 24.3. The normalized spacial score (nSPS) is 17.0. The lowest BCUT2D eigenvalue weighted by molar-refractivity contribution is 0.0824. The van der Waals surface area contributed by atoms with Crippen LogP contribution >= 0.6 is 0 Å². The zero-order chi connectivity index (χ0) is 17.9. The summed E-state index contributed by atoms with van der Waals surface area (Å²) >= 11 is 0. The number of nitrogens with zero attached hydrogens (tertiary/aromatic N) is 5. The Hall–Kier alpha value is -1.67.